The molecule has 0 aromatic heterocycles. The maximum atomic E-state index is 11.4. The van der Waals surface area contributed by atoms with Crippen molar-refractivity contribution in [3.8, 4) is 0 Å². The molecule has 0 aliphatic heterocycles. The van der Waals surface area contributed by atoms with E-state index in [9.17, 15) is 14.4 Å². The lowest BCUT2D eigenvalue weighted by molar-refractivity contribution is -0.156. The first-order valence-electron chi connectivity index (χ1n) is 10.7. The van der Waals surface area contributed by atoms with Crippen LogP contribution < -0.4 is 0 Å². The van der Waals surface area contributed by atoms with Crippen LogP contribution >= 0.6 is 0 Å². The van der Waals surface area contributed by atoms with Crippen molar-refractivity contribution in [3.05, 3.63) is 12.2 Å². The summed E-state index contributed by atoms with van der Waals surface area (Å²) in [4.78, 5) is 32.8. The molecule has 5 heteroatoms. The fraction of sp³-hybridized carbons (Fsp3) is 0.773. The first-order chi connectivity index (χ1) is 13.1. The molecule has 0 aliphatic rings. The zero-order chi connectivity index (χ0) is 20.2. The lowest BCUT2D eigenvalue weighted by Crippen LogP contribution is -2.10. The van der Waals surface area contributed by atoms with Gasteiger partial charge in [-0.2, -0.15) is 0 Å². The second-order valence-corrected chi connectivity index (χ2v) is 7.16. The van der Waals surface area contributed by atoms with Crippen LogP contribution in [0.3, 0.4) is 0 Å². The van der Waals surface area contributed by atoms with Gasteiger partial charge in [0.15, 0.2) is 0 Å². The van der Waals surface area contributed by atoms with Crippen LogP contribution in [0.1, 0.15) is 110 Å². The lowest BCUT2D eigenvalue weighted by atomic mass is 10.0. The van der Waals surface area contributed by atoms with Crippen LogP contribution in [0.2, 0.25) is 0 Å². The van der Waals surface area contributed by atoms with Crippen molar-refractivity contribution in [2.24, 2.45) is 0 Å². The number of unbranched alkanes of at least 4 members (excludes halogenated alkanes) is 14. The molecule has 0 bridgehead atoms. The van der Waals surface area contributed by atoms with Gasteiger partial charge in [0.05, 0.1) is 0 Å². The van der Waals surface area contributed by atoms with Crippen LogP contribution in [0.15, 0.2) is 12.2 Å². The zero-order valence-electron chi connectivity index (χ0n) is 17.0. The average Bonchev–Trinajstić information content (AvgIpc) is 2.63. The maximum Gasteiger partial charge on any atom is 0.338 e. The molecule has 0 aromatic carbocycles. The Morgan fingerprint density at radius 3 is 1.48 bits per heavy atom. The molecule has 0 saturated carbocycles. The number of rotatable bonds is 18. The van der Waals surface area contributed by atoms with Crippen molar-refractivity contribution in [1.29, 1.82) is 0 Å². The molecule has 0 saturated heterocycles. The van der Waals surface area contributed by atoms with Crippen molar-refractivity contribution >= 4 is 17.9 Å². The van der Waals surface area contributed by atoms with Crippen LogP contribution in [0.4, 0.5) is 0 Å². The predicted octanol–water partition coefficient (Wildman–Crippen LogP) is 5.96. The van der Waals surface area contributed by atoms with Crippen molar-refractivity contribution < 1.29 is 24.2 Å². The summed E-state index contributed by atoms with van der Waals surface area (Å²) in [6.07, 6.45) is 20.4. The molecule has 156 valence electrons. The Morgan fingerprint density at radius 2 is 1.07 bits per heavy atom. The molecule has 0 heterocycles. The molecule has 0 unspecified atom stereocenters. The Hall–Kier alpha value is -1.65. The number of hydrogen-bond acceptors (Lipinski definition) is 4. The van der Waals surface area contributed by atoms with Gasteiger partial charge in [-0.05, 0) is 6.42 Å². The van der Waals surface area contributed by atoms with E-state index in [0.29, 0.717) is 12.5 Å². The summed E-state index contributed by atoms with van der Waals surface area (Å²) >= 11 is 0. The first kappa shape index (κ1) is 25.4. The van der Waals surface area contributed by atoms with E-state index in [1.54, 1.807) is 0 Å². The second-order valence-electron chi connectivity index (χ2n) is 7.16. The van der Waals surface area contributed by atoms with Gasteiger partial charge in [-0.25, -0.2) is 9.59 Å². The van der Waals surface area contributed by atoms with E-state index in [2.05, 4.69) is 11.7 Å². The van der Waals surface area contributed by atoms with Gasteiger partial charge in [-0.15, -0.1) is 0 Å². The van der Waals surface area contributed by atoms with Gasteiger partial charge in [0, 0.05) is 18.6 Å². The van der Waals surface area contributed by atoms with Gasteiger partial charge in [-0.1, -0.05) is 96.8 Å². The van der Waals surface area contributed by atoms with E-state index in [-0.39, 0.29) is 6.42 Å². The Balaban J connectivity index is 3.29. The molecule has 0 rings (SSSR count). The van der Waals surface area contributed by atoms with E-state index in [4.69, 9.17) is 5.11 Å². The molecule has 0 aromatic rings. The number of carboxylic acid groups (broad SMARTS) is 1. The van der Waals surface area contributed by atoms with Gasteiger partial charge in [-0.3, -0.25) is 4.79 Å². The number of aliphatic carboxylic acids is 1. The molecule has 5 nitrogen and oxygen atoms in total. The van der Waals surface area contributed by atoms with Crippen molar-refractivity contribution in [1.82, 2.24) is 0 Å². The van der Waals surface area contributed by atoms with E-state index < -0.39 is 17.9 Å². The predicted molar refractivity (Wildman–Crippen MR) is 107 cm³/mol. The normalized spacial score (nSPS) is 11.0. The van der Waals surface area contributed by atoms with Crippen LogP contribution in [-0.4, -0.2) is 23.0 Å². The minimum absolute atomic E-state index is 0.199. The number of carboxylic acids is 1. The largest absolute Gasteiger partial charge is 0.478 e. The van der Waals surface area contributed by atoms with Crippen molar-refractivity contribution in [2.45, 2.75) is 110 Å². The highest BCUT2D eigenvalue weighted by molar-refractivity contribution is 5.95. The van der Waals surface area contributed by atoms with Gasteiger partial charge in [0.1, 0.15) is 0 Å². The monoisotopic (exact) mass is 382 g/mol. The smallest absolute Gasteiger partial charge is 0.338 e. The quantitative estimate of drug-likeness (QED) is 0.137. The third-order valence-corrected chi connectivity index (χ3v) is 4.56. The molecular weight excluding hydrogens is 344 g/mol. The molecule has 0 aliphatic carbocycles. The van der Waals surface area contributed by atoms with Crippen LogP contribution in [0.5, 0.6) is 0 Å². The summed E-state index contributed by atoms with van der Waals surface area (Å²) < 4.78 is 4.49. The van der Waals surface area contributed by atoms with Gasteiger partial charge in [0.2, 0.25) is 0 Å². The second kappa shape index (κ2) is 19.1. The average molecular weight is 383 g/mol. The summed E-state index contributed by atoms with van der Waals surface area (Å²) in [6, 6.07) is 0. The summed E-state index contributed by atoms with van der Waals surface area (Å²) in [5, 5.41) is 8.37. The minimum atomic E-state index is -1.25. The fourth-order valence-corrected chi connectivity index (χ4v) is 2.98. The van der Waals surface area contributed by atoms with E-state index in [1.165, 1.54) is 77.0 Å². The van der Waals surface area contributed by atoms with Crippen molar-refractivity contribution in [2.75, 3.05) is 0 Å². The number of carbonyl (C=O) groups is 3. The minimum Gasteiger partial charge on any atom is -0.478 e. The Bertz CT molecular complexity index is 428. The molecule has 27 heavy (non-hydrogen) atoms. The Labute approximate surface area is 164 Å². The molecule has 0 atom stereocenters. The van der Waals surface area contributed by atoms with Crippen LogP contribution in [0.25, 0.3) is 0 Å². The Morgan fingerprint density at radius 1 is 0.667 bits per heavy atom. The lowest BCUT2D eigenvalue weighted by Gasteiger charge is -2.03. The number of hydrogen-bond donors (Lipinski definition) is 1. The molecule has 0 fully saturated rings. The van der Waals surface area contributed by atoms with Crippen molar-refractivity contribution in [3.63, 3.8) is 0 Å². The summed E-state index contributed by atoms with van der Waals surface area (Å²) in [7, 11) is 0. The van der Waals surface area contributed by atoms with Crippen LogP contribution in [0, 0.1) is 0 Å². The molecule has 0 spiro atoms. The maximum absolute atomic E-state index is 11.4. The molecule has 0 radical (unpaired) electrons. The summed E-state index contributed by atoms with van der Waals surface area (Å²) in [6.45, 7) is 2.25. The number of carbonyl (C=O) groups excluding carboxylic acids is 2. The standard InChI is InChI=1S/C22H38O5/c1-2-3-4-5-6-7-8-9-10-11-12-13-14-15-16-17-21(25)27-22(26)19-18-20(23)24/h18-19H,2-17H2,1H3,(H,23,24)/b19-18+. The van der Waals surface area contributed by atoms with Gasteiger partial charge in [0.25, 0.3) is 0 Å². The zero-order valence-corrected chi connectivity index (χ0v) is 17.0. The molecule has 0 amide bonds. The highest BCUT2D eigenvalue weighted by Gasteiger charge is 2.07. The summed E-state index contributed by atoms with van der Waals surface area (Å²) in [5.41, 5.74) is 0. The highest BCUT2D eigenvalue weighted by Crippen LogP contribution is 2.13. The SMILES string of the molecule is CCCCCCCCCCCCCCCCCC(=O)OC(=O)/C=C/C(=O)O. The number of esters is 2. The molecular formula is C22H38O5. The summed E-state index contributed by atoms with van der Waals surface area (Å²) in [5.74, 6) is -2.77. The van der Waals surface area contributed by atoms with Crippen LogP contribution in [-0.2, 0) is 19.1 Å². The topological polar surface area (TPSA) is 80.7 Å². The van der Waals surface area contributed by atoms with E-state index in [0.717, 1.165) is 18.9 Å². The third kappa shape index (κ3) is 20.5. The number of ether oxygens (including phenoxy) is 1. The van der Waals surface area contributed by atoms with Gasteiger partial charge < -0.3 is 9.84 Å². The van der Waals surface area contributed by atoms with E-state index in [1.807, 2.05) is 0 Å². The van der Waals surface area contributed by atoms with Gasteiger partial charge >= 0.3 is 17.9 Å². The fourth-order valence-electron chi connectivity index (χ4n) is 2.98. The highest BCUT2D eigenvalue weighted by atomic mass is 16.6. The van der Waals surface area contributed by atoms with E-state index >= 15 is 0 Å². The molecule has 1 N–H and O–H groups in total. The Kier molecular flexibility index (Phi) is 18.0. The third-order valence-electron chi connectivity index (χ3n) is 4.56. The first-order valence-corrected chi connectivity index (χ1v) is 10.7.